The van der Waals surface area contributed by atoms with Crippen molar-refractivity contribution in [1.29, 1.82) is 0 Å². The van der Waals surface area contributed by atoms with Crippen LogP contribution in [0.1, 0.15) is 161 Å². The Hall–Kier alpha value is -6.87. The summed E-state index contributed by atoms with van der Waals surface area (Å²) in [5, 5.41) is 4.42. The van der Waals surface area contributed by atoms with Crippen LogP contribution in [0.15, 0.2) is 154 Å². The molecule has 0 spiro atoms. The summed E-state index contributed by atoms with van der Waals surface area (Å²) in [4.78, 5) is 63.0. The molecule has 7 aliphatic rings. The fourth-order valence-electron chi connectivity index (χ4n) is 12.0. The van der Waals surface area contributed by atoms with Gasteiger partial charge in [-0.25, -0.2) is 8.42 Å². The first-order chi connectivity index (χ1) is 44.5. The predicted molar refractivity (Wildman–Crippen MR) is 356 cm³/mol. The molecular weight excluding hydrogens is 1260 g/mol. The maximum absolute atomic E-state index is 13.0. The monoisotopic (exact) mass is 1350 g/mol. The van der Waals surface area contributed by atoms with Crippen molar-refractivity contribution in [3.8, 4) is 23.0 Å². The number of hydrogen-bond acceptors (Lipinski definition) is 16. The highest BCUT2D eigenvalue weighted by molar-refractivity contribution is 7.97. The molecule has 16 nitrogen and oxygen atoms in total. The van der Waals surface area contributed by atoms with E-state index in [0.29, 0.717) is 49.5 Å². The number of aromatic hydroxyl groups is 1. The van der Waals surface area contributed by atoms with E-state index < -0.39 is 61.3 Å². The van der Waals surface area contributed by atoms with Crippen molar-refractivity contribution >= 4 is 50.9 Å². The number of phenols is 1. The second kappa shape index (κ2) is 31.1. The first-order valence-corrected chi connectivity index (χ1v) is 35.7. The van der Waals surface area contributed by atoms with Gasteiger partial charge in [-0.3, -0.25) is 24.0 Å². The third-order valence-corrected chi connectivity index (χ3v) is 23.2. The van der Waals surface area contributed by atoms with E-state index in [9.17, 15) is 45.7 Å². The van der Waals surface area contributed by atoms with Crippen LogP contribution in [0.5, 0.6) is 23.0 Å². The molecular formula is C75H96F2O16S2. The molecule has 4 aliphatic carbocycles. The number of esters is 5. The van der Waals surface area contributed by atoms with Crippen molar-refractivity contribution in [3.05, 3.63) is 140 Å². The van der Waals surface area contributed by atoms with Crippen LogP contribution in [0, 0.1) is 51.2 Å². The van der Waals surface area contributed by atoms with Crippen LogP contribution >= 0.6 is 0 Å². The summed E-state index contributed by atoms with van der Waals surface area (Å²) < 4.78 is 95.0. The molecule has 6 unspecified atom stereocenters. The van der Waals surface area contributed by atoms with E-state index in [-0.39, 0.29) is 64.2 Å². The molecule has 0 aromatic heterocycles. The number of halogens is 2. The van der Waals surface area contributed by atoms with E-state index in [0.717, 1.165) is 30.4 Å². The fraction of sp³-hybridized carbons (Fsp3) is 0.533. The first kappa shape index (κ1) is 75.5. The molecule has 3 aliphatic heterocycles. The van der Waals surface area contributed by atoms with Gasteiger partial charge < -0.3 is 42.8 Å². The van der Waals surface area contributed by atoms with Gasteiger partial charge in [0.05, 0.1) is 44.6 Å². The minimum Gasteiger partial charge on any atom is -0.743 e. The van der Waals surface area contributed by atoms with Gasteiger partial charge in [-0.15, -0.1) is 0 Å². The van der Waals surface area contributed by atoms with Gasteiger partial charge in [0.15, 0.2) is 43.1 Å². The van der Waals surface area contributed by atoms with E-state index in [4.69, 9.17) is 33.5 Å². The first-order valence-electron chi connectivity index (χ1n) is 33.0. The van der Waals surface area contributed by atoms with Gasteiger partial charge in [-0.05, 0) is 242 Å². The number of ether oxygens (including phenoxy) is 7. The standard InChI is InChI=1S/C23H32O3.C18H15S.C13H18O5.C12H16O3.C9H16F2O5S/c1-5-22(2,3)21(24)25-19-6-8-20(9-7-19)26-23(4)17-11-15-10-16(13-17)14-18(23)12-15;1-4-10-16(11-5-1)19(17-12-6-2-7-13-17)18-14-8-3-9-15-18;1-4-13(2,3)12(15)18-9-7-5-6-8(16-7)10(9)17-11(6)14;1-4-12(2,3)11(14)15-10-7-5-9(13)6-8-10;1-5-8(3,4)7(12)16-6(2)9(10,11)17(13,14)15/h6-9,15-18H,5,10-14H2,1-4H3;1-15H;6-10H,4-5H2,1-3H3;5-8,13H,4H2,1-3H3;6H,5H2,1-4H3,(H,13,14,15)/q;+1;;;/p-1. The number of fused-ring (bicyclic) bond motifs is 1. The van der Waals surface area contributed by atoms with Gasteiger partial charge in [0.25, 0.3) is 0 Å². The fourth-order valence-corrected chi connectivity index (χ4v) is 14.6. The van der Waals surface area contributed by atoms with Gasteiger partial charge in [0.2, 0.25) is 0 Å². The molecule has 6 atom stereocenters. The normalized spacial score (nSPS) is 24.1. The Bertz CT molecular complexity index is 3370. The predicted octanol–water partition coefficient (Wildman–Crippen LogP) is 15.7. The van der Waals surface area contributed by atoms with Crippen LogP contribution in [0.25, 0.3) is 0 Å². The van der Waals surface area contributed by atoms with Crippen molar-refractivity contribution in [3.63, 3.8) is 0 Å². The molecule has 95 heavy (non-hydrogen) atoms. The summed E-state index contributed by atoms with van der Waals surface area (Å²) in [7, 11) is -5.87. The summed E-state index contributed by atoms with van der Waals surface area (Å²) in [6, 6.07) is 45.9. The quantitative estimate of drug-likeness (QED) is 0.0266. The van der Waals surface area contributed by atoms with E-state index in [2.05, 4.69) is 103 Å². The van der Waals surface area contributed by atoms with Crippen LogP contribution < -0.4 is 14.2 Å². The van der Waals surface area contributed by atoms with Crippen molar-refractivity contribution in [2.75, 3.05) is 0 Å². The van der Waals surface area contributed by atoms with Gasteiger partial charge >= 0.3 is 35.1 Å². The highest BCUT2D eigenvalue weighted by atomic mass is 32.2. The second-order valence-corrected chi connectivity index (χ2v) is 31.8. The van der Waals surface area contributed by atoms with Gasteiger partial charge in [0.1, 0.15) is 34.7 Å². The maximum atomic E-state index is 13.0. The number of carbonyl (C=O) groups excluding carboxylic acids is 5. The third kappa shape index (κ3) is 18.4. The number of carbonyl (C=O) groups is 5. The lowest BCUT2D eigenvalue weighted by Crippen LogP contribution is -2.59. The molecule has 518 valence electrons. The van der Waals surface area contributed by atoms with Crippen LogP contribution in [0.4, 0.5) is 8.78 Å². The van der Waals surface area contributed by atoms with Crippen LogP contribution in [-0.2, 0) is 63.9 Å². The minimum absolute atomic E-state index is 0.0146. The Morgan fingerprint density at radius 1 is 0.579 bits per heavy atom. The van der Waals surface area contributed by atoms with Crippen molar-refractivity contribution in [2.24, 2.45) is 51.2 Å². The number of alkyl halides is 2. The van der Waals surface area contributed by atoms with E-state index >= 15 is 0 Å². The minimum atomic E-state index is -5.86. The molecule has 3 heterocycles. The summed E-state index contributed by atoms with van der Waals surface area (Å²) in [5.41, 5.74) is -2.49. The summed E-state index contributed by atoms with van der Waals surface area (Å²) in [6.07, 6.45) is 6.44. The van der Waals surface area contributed by atoms with E-state index in [1.54, 1.807) is 19.1 Å². The average molecular weight is 1360 g/mol. The number of phenolic OH excluding ortho intramolecular Hbond substituents is 1. The zero-order valence-corrected chi connectivity index (χ0v) is 58.9. The SMILES string of the molecule is CCC(C)(C)C(=O)OC(C)C(F)(F)S(=O)(=O)[O-].CCC(C)(C)C(=O)OC1C2CC3C(=O)OC1C3O2.CCC(C)(C)C(=O)Oc1ccc(O)cc1.CCC(C)(C)C(=O)Oc1ccc(OC2(C)C3CC4CC(C3)CC2C4)cc1.c1ccc([S+](c2ccccc2)c2ccccc2)cc1. The van der Waals surface area contributed by atoms with Crippen LogP contribution in [-0.4, -0.2) is 89.3 Å². The molecule has 6 bridgehead atoms. The lowest BCUT2D eigenvalue weighted by Gasteiger charge is -2.59. The van der Waals surface area contributed by atoms with E-state index in [1.807, 2.05) is 86.6 Å². The zero-order chi connectivity index (χ0) is 70.1. The summed E-state index contributed by atoms with van der Waals surface area (Å²) >= 11 is 0. The van der Waals surface area contributed by atoms with Gasteiger partial charge in [-0.1, -0.05) is 82.3 Å². The van der Waals surface area contributed by atoms with Gasteiger partial charge in [0, 0.05) is 0 Å². The Labute approximate surface area is 563 Å². The Kier molecular flexibility index (Phi) is 24.7. The largest absolute Gasteiger partial charge is 0.743 e. The molecule has 12 rings (SSSR count). The van der Waals surface area contributed by atoms with Crippen LogP contribution in [0.2, 0.25) is 0 Å². The maximum Gasteiger partial charge on any atom is 0.369 e. The van der Waals surface area contributed by atoms with E-state index in [1.165, 1.54) is 72.8 Å². The zero-order valence-electron chi connectivity index (χ0n) is 57.3. The summed E-state index contributed by atoms with van der Waals surface area (Å²) in [5.74, 6) is 3.38. The smallest absolute Gasteiger partial charge is 0.369 e. The highest BCUT2D eigenvalue weighted by Gasteiger charge is 2.65. The molecule has 3 saturated heterocycles. The average Bonchev–Trinajstić information content (AvgIpc) is 1.71. The number of benzene rings is 5. The molecule has 5 aromatic rings. The number of hydrogen-bond donors (Lipinski definition) is 1. The Balaban J connectivity index is 0.000000170. The molecule has 0 amide bonds. The molecule has 4 saturated carbocycles. The Morgan fingerprint density at radius 3 is 1.36 bits per heavy atom. The molecule has 0 radical (unpaired) electrons. The highest BCUT2D eigenvalue weighted by Crippen LogP contribution is 2.59. The third-order valence-electron chi connectivity index (χ3n) is 20.0. The second-order valence-electron chi connectivity index (χ2n) is 28.3. The topological polar surface area (TPSA) is 227 Å². The molecule has 1 N–H and O–H groups in total. The molecule has 20 heteroatoms. The molecule has 7 fully saturated rings. The van der Waals surface area contributed by atoms with Crippen molar-refractivity contribution in [2.45, 2.75) is 217 Å². The Morgan fingerprint density at radius 2 is 0.958 bits per heavy atom. The lowest BCUT2D eigenvalue weighted by atomic mass is 9.50. The number of rotatable bonds is 19. The van der Waals surface area contributed by atoms with Crippen LogP contribution in [0.3, 0.4) is 0 Å². The lowest BCUT2D eigenvalue weighted by molar-refractivity contribution is -0.170. The van der Waals surface area contributed by atoms with Crippen molar-refractivity contribution < 1.29 is 84.0 Å². The molecule has 5 aromatic carbocycles. The van der Waals surface area contributed by atoms with Crippen molar-refractivity contribution in [1.82, 2.24) is 0 Å². The summed E-state index contributed by atoms with van der Waals surface area (Å²) in [6.45, 7) is 24.7. The van der Waals surface area contributed by atoms with Gasteiger partial charge in [-0.2, -0.15) is 8.78 Å².